The average molecular weight is 319 g/mol. The van der Waals surface area contributed by atoms with Crippen molar-refractivity contribution >= 4 is 17.6 Å². The Balaban J connectivity index is 2.32. The first-order chi connectivity index (χ1) is 10.5. The van der Waals surface area contributed by atoms with Crippen molar-refractivity contribution in [1.29, 1.82) is 0 Å². The Kier molecular flexibility index (Phi) is 5.38. The van der Waals surface area contributed by atoms with Gasteiger partial charge in [0.2, 0.25) is 4.80 Å². The van der Waals surface area contributed by atoms with Crippen LogP contribution < -0.4 is 9.54 Å². The molecule has 1 aromatic carbocycles. The molecule has 0 radical (unpaired) electrons. The predicted molar refractivity (Wildman–Crippen MR) is 90.0 cm³/mol. The van der Waals surface area contributed by atoms with E-state index in [1.807, 2.05) is 39.1 Å². The third-order valence-corrected chi connectivity index (χ3v) is 3.79. The van der Waals surface area contributed by atoms with Crippen molar-refractivity contribution in [3.8, 4) is 11.5 Å². The number of aromatic hydroxyl groups is 1. The van der Waals surface area contributed by atoms with Gasteiger partial charge < -0.3 is 9.84 Å². The molecule has 0 unspecified atom stereocenters. The Bertz CT molecular complexity index is 729. The van der Waals surface area contributed by atoms with Crippen LogP contribution in [0, 0.1) is 6.92 Å². The second-order valence-electron chi connectivity index (χ2n) is 5.09. The highest BCUT2D eigenvalue weighted by Gasteiger charge is 2.03. The minimum absolute atomic E-state index is 0.144. The lowest BCUT2D eigenvalue weighted by Gasteiger charge is -2.05. The molecule has 0 amide bonds. The molecule has 1 N–H and O–H groups in total. The number of thiazole rings is 1. The van der Waals surface area contributed by atoms with Crippen molar-refractivity contribution in [2.24, 2.45) is 10.1 Å². The van der Waals surface area contributed by atoms with Crippen molar-refractivity contribution in [1.82, 2.24) is 4.68 Å². The van der Waals surface area contributed by atoms with Crippen molar-refractivity contribution < 1.29 is 9.84 Å². The molecule has 5 nitrogen and oxygen atoms in total. The van der Waals surface area contributed by atoms with Crippen molar-refractivity contribution in [3.05, 3.63) is 39.6 Å². The monoisotopic (exact) mass is 319 g/mol. The van der Waals surface area contributed by atoms with Gasteiger partial charge >= 0.3 is 0 Å². The van der Waals surface area contributed by atoms with Gasteiger partial charge in [-0.25, -0.2) is 4.68 Å². The number of benzene rings is 1. The number of aromatic nitrogens is 1. The van der Waals surface area contributed by atoms with Gasteiger partial charge in [-0.3, -0.25) is 4.99 Å². The van der Waals surface area contributed by atoms with Crippen LogP contribution in [0.1, 0.15) is 32.0 Å². The fraction of sp³-hybridized carbons (Fsp3) is 0.375. The van der Waals surface area contributed by atoms with Crippen molar-refractivity contribution in [3.63, 3.8) is 0 Å². The number of phenolic OH excluding ortho intramolecular Hbond substituents is 1. The zero-order chi connectivity index (χ0) is 16.1. The molecular formula is C16H21N3O2S. The van der Waals surface area contributed by atoms with Crippen LogP contribution in [0.15, 0.2) is 33.7 Å². The van der Waals surface area contributed by atoms with Gasteiger partial charge in [0.15, 0.2) is 0 Å². The quantitative estimate of drug-likeness (QED) is 0.861. The van der Waals surface area contributed by atoms with Crippen LogP contribution in [0.2, 0.25) is 0 Å². The third-order valence-electron chi connectivity index (χ3n) is 2.84. The first-order valence-corrected chi connectivity index (χ1v) is 8.10. The van der Waals surface area contributed by atoms with E-state index in [2.05, 4.69) is 10.1 Å². The lowest BCUT2D eigenvalue weighted by Crippen LogP contribution is -2.14. The molecule has 118 valence electrons. The maximum atomic E-state index is 10.0. The molecule has 0 saturated carbocycles. The second-order valence-corrected chi connectivity index (χ2v) is 5.93. The molecule has 0 aliphatic heterocycles. The zero-order valence-electron chi connectivity index (χ0n) is 13.3. The molecule has 2 aromatic rings. The van der Waals surface area contributed by atoms with Gasteiger partial charge in [-0.15, -0.1) is 11.3 Å². The average Bonchev–Trinajstić information content (AvgIpc) is 2.78. The van der Waals surface area contributed by atoms with Gasteiger partial charge in [-0.2, -0.15) is 5.10 Å². The van der Waals surface area contributed by atoms with Crippen molar-refractivity contribution in [2.45, 2.75) is 33.7 Å². The largest absolute Gasteiger partial charge is 0.507 e. The normalized spacial score (nSPS) is 12.5. The van der Waals surface area contributed by atoms with Crippen LogP contribution in [-0.2, 0) is 0 Å². The van der Waals surface area contributed by atoms with E-state index in [1.165, 1.54) is 0 Å². The highest BCUT2D eigenvalue weighted by Crippen LogP contribution is 2.22. The highest BCUT2D eigenvalue weighted by atomic mass is 32.1. The Hall–Kier alpha value is -2.08. The fourth-order valence-electron chi connectivity index (χ4n) is 1.84. The zero-order valence-corrected chi connectivity index (χ0v) is 14.1. The highest BCUT2D eigenvalue weighted by molar-refractivity contribution is 7.07. The fourth-order valence-corrected chi connectivity index (χ4v) is 2.78. The number of hydrogen-bond acceptors (Lipinski definition) is 5. The third kappa shape index (κ3) is 3.98. The molecule has 0 fully saturated rings. The van der Waals surface area contributed by atoms with Crippen LogP contribution in [0.5, 0.6) is 11.5 Å². The lowest BCUT2D eigenvalue weighted by atomic mass is 10.2. The van der Waals surface area contributed by atoms with Gasteiger partial charge in [-0.1, -0.05) is 0 Å². The molecule has 0 aliphatic carbocycles. The summed E-state index contributed by atoms with van der Waals surface area (Å²) in [5.74, 6) is 0.789. The van der Waals surface area contributed by atoms with E-state index in [1.54, 1.807) is 34.4 Å². The smallest absolute Gasteiger partial charge is 0.206 e. The molecule has 0 bridgehead atoms. The molecule has 1 heterocycles. The van der Waals surface area contributed by atoms with Crippen LogP contribution in [-0.4, -0.2) is 28.6 Å². The van der Waals surface area contributed by atoms with Crippen LogP contribution in [0.4, 0.5) is 0 Å². The van der Waals surface area contributed by atoms with E-state index in [4.69, 9.17) is 4.74 Å². The predicted octanol–water partition coefficient (Wildman–Crippen LogP) is 3.15. The number of aryl methyl sites for hydroxylation is 1. The Morgan fingerprint density at radius 1 is 1.41 bits per heavy atom. The van der Waals surface area contributed by atoms with Gasteiger partial charge in [-0.05, 0) is 39.8 Å². The number of rotatable bonds is 5. The van der Waals surface area contributed by atoms with Gasteiger partial charge in [0.1, 0.15) is 11.5 Å². The molecular weight excluding hydrogens is 298 g/mol. The number of nitrogens with zero attached hydrogens (tertiary/aromatic N) is 3. The summed E-state index contributed by atoms with van der Waals surface area (Å²) in [6, 6.07) is 5.40. The molecule has 0 saturated heterocycles. The van der Waals surface area contributed by atoms with E-state index >= 15 is 0 Å². The Morgan fingerprint density at radius 3 is 2.82 bits per heavy atom. The van der Waals surface area contributed by atoms with E-state index < -0.39 is 0 Å². The van der Waals surface area contributed by atoms with Crippen LogP contribution in [0.3, 0.4) is 0 Å². The summed E-state index contributed by atoms with van der Waals surface area (Å²) in [6.45, 7) is 8.51. The SMILES string of the molecule is CCOc1ccc(C=Nn2c(C)csc2=NC(C)C)c(O)c1. The molecule has 0 aliphatic rings. The summed E-state index contributed by atoms with van der Waals surface area (Å²) < 4.78 is 7.13. The number of ether oxygens (including phenoxy) is 1. The summed E-state index contributed by atoms with van der Waals surface area (Å²) in [6.07, 6.45) is 1.63. The minimum atomic E-state index is 0.144. The summed E-state index contributed by atoms with van der Waals surface area (Å²) in [4.78, 5) is 5.38. The number of hydrogen-bond donors (Lipinski definition) is 1. The molecule has 2 rings (SSSR count). The minimum Gasteiger partial charge on any atom is -0.507 e. The maximum absolute atomic E-state index is 10.0. The van der Waals surface area contributed by atoms with E-state index in [0.29, 0.717) is 17.9 Å². The van der Waals surface area contributed by atoms with Crippen LogP contribution >= 0.6 is 11.3 Å². The summed E-state index contributed by atoms with van der Waals surface area (Å²) in [5.41, 5.74) is 1.64. The first kappa shape index (κ1) is 16.3. The summed E-state index contributed by atoms with van der Waals surface area (Å²) in [5, 5.41) is 16.5. The Labute approximate surface area is 134 Å². The Morgan fingerprint density at radius 2 is 2.18 bits per heavy atom. The summed E-state index contributed by atoms with van der Waals surface area (Å²) in [7, 11) is 0. The molecule has 0 spiro atoms. The topological polar surface area (TPSA) is 59.1 Å². The maximum Gasteiger partial charge on any atom is 0.206 e. The first-order valence-electron chi connectivity index (χ1n) is 7.22. The lowest BCUT2D eigenvalue weighted by molar-refractivity contribution is 0.337. The standard InChI is InChI=1S/C16H21N3O2S/c1-5-21-14-7-6-13(15(20)8-14)9-17-19-12(4)10-22-16(19)18-11(2)3/h6-11,20H,5H2,1-4H3. The molecule has 1 aromatic heterocycles. The molecule has 0 atom stereocenters. The molecule has 22 heavy (non-hydrogen) atoms. The van der Waals surface area contributed by atoms with E-state index in [9.17, 15) is 5.11 Å². The van der Waals surface area contributed by atoms with Crippen molar-refractivity contribution in [2.75, 3.05) is 6.61 Å². The van der Waals surface area contributed by atoms with Crippen LogP contribution in [0.25, 0.3) is 0 Å². The van der Waals surface area contributed by atoms with Gasteiger partial charge in [0, 0.05) is 23.1 Å². The van der Waals surface area contributed by atoms with E-state index in [0.717, 1.165) is 10.5 Å². The van der Waals surface area contributed by atoms with Gasteiger partial charge in [0.05, 0.1) is 18.5 Å². The second kappa shape index (κ2) is 7.26. The summed E-state index contributed by atoms with van der Waals surface area (Å²) >= 11 is 1.55. The van der Waals surface area contributed by atoms with E-state index in [-0.39, 0.29) is 11.8 Å². The molecule has 6 heteroatoms. The number of phenols is 1. The van der Waals surface area contributed by atoms with Gasteiger partial charge in [0.25, 0.3) is 0 Å².